The summed E-state index contributed by atoms with van der Waals surface area (Å²) in [6.07, 6.45) is 0. The molecule has 0 amide bonds. The Hall–Kier alpha value is -1.83. The van der Waals surface area contributed by atoms with Crippen LogP contribution in [0.15, 0.2) is 0 Å². The zero-order valence-electron chi connectivity index (χ0n) is 9.58. The molecular weight excluding hydrogens is 242 g/mol. The van der Waals surface area contributed by atoms with Gasteiger partial charge in [-0.1, -0.05) is 30.4 Å². The number of hydrogen-bond donors (Lipinski definition) is 1. The van der Waals surface area contributed by atoms with Gasteiger partial charge in [-0.3, -0.25) is 0 Å². The van der Waals surface area contributed by atoms with E-state index in [1.54, 1.807) is 6.92 Å². The molecule has 0 saturated heterocycles. The van der Waals surface area contributed by atoms with Crippen molar-refractivity contribution >= 4 is 17.3 Å². The van der Waals surface area contributed by atoms with E-state index in [0.717, 1.165) is 5.01 Å². The van der Waals surface area contributed by atoms with Crippen molar-refractivity contribution in [2.75, 3.05) is 0 Å². The van der Waals surface area contributed by atoms with Gasteiger partial charge in [-0.2, -0.15) is 4.68 Å². The average molecular weight is 253 g/mol. The third-order valence-electron chi connectivity index (χ3n) is 2.20. The second-order valence-electron chi connectivity index (χ2n) is 3.82. The number of rotatable bonds is 3. The van der Waals surface area contributed by atoms with Crippen molar-refractivity contribution < 1.29 is 9.90 Å². The van der Waals surface area contributed by atoms with E-state index < -0.39 is 5.97 Å². The number of carboxylic acids is 1. The molecule has 7 nitrogen and oxygen atoms in total. The molecule has 2 heterocycles. The topological polar surface area (TPSA) is 93.8 Å². The highest BCUT2D eigenvalue weighted by molar-refractivity contribution is 7.13. The molecule has 0 radical (unpaired) electrons. The highest BCUT2D eigenvalue weighted by Crippen LogP contribution is 2.22. The fourth-order valence-corrected chi connectivity index (χ4v) is 2.10. The highest BCUT2D eigenvalue weighted by Gasteiger charge is 2.18. The molecular formula is C9H11N5O2S. The summed E-state index contributed by atoms with van der Waals surface area (Å²) in [7, 11) is 0. The van der Waals surface area contributed by atoms with Crippen LogP contribution in [0.25, 0.3) is 5.13 Å². The number of aromatic nitrogens is 5. The highest BCUT2D eigenvalue weighted by atomic mass is 32.1. The van der Waals surface area contributed by atoms with Crippen LogP contribution in [0.5, 0.6) is 0 Å². The second kappa shape index (κ2) is 4.21. The van der Waals surface area contributed by atoms with Gasteiger partial charge >= 0.3 is 5.97 Å². The van der Waals surface area contributed by atoms with Gasteiger partial charge in [0.05, 0.1) is 5.69 Å². The molecule has 2 aromatic heterocycles. The molecule has 0 atom stereocenters. The minimum absolute atomic E-state index is 0.0636. The van der Waals surface area contributed by atoms with Crippen LogP contribution in [-0.2, 0) is 0 Å². The first kappa shape index (κ1) is 11.6. The molecule has 90 valence electrons. The lowest BCUT2D eigenvalue weighted by Crippen LogP contribution is -2.02. The van der Waals surface area contributed by atoms with Gasteiger partial charge < -0.3 is 5.11 Å². The Bertz CT molecular complexity index is 559. The molecule has 0 aromatic carbocycles. The molecule has 8 heteroatoms. The van der Waals surface area contributed by atoms with Crippen LogP contribution in [0, 0.1) is 6.92 Å². The fourth-order valence-electron chi connectivity index (χ4n) is 1.25. The van der Waals surface area contributed by atoms with Crippen LogP contribution >= 0.6 is 11.3 Å². The minimum Gasteiger partial charge on any atom is -0.476 e. The summed E-state index contributed by atoms with van der Waals surface area (Å²) in [5.41, 5.74) is 0.384. The quantitative estimate of drug-likeness (QED) is 0.884. The van der Waals surface area contributed by atoms with E-state index in [1.165, 1.54) is 16.0 Å². The summed E-state index contributed by atoms with van der Waals surface area (Å²) >= 11 is 1.38. The van der Waals surface area contributed by atoms with Crippen molar-refractivity contribution in [1.29, 1.82) is 0 Å². The predicted molar refractivity (Wildman–Crippen MR) is 60.6 cm³/mol. The van der Waals surface area contributed by atoms with E-state index in [1.807, 2.05) is 13.8 Å². The minimum atomic E-state index is -1.10. The van der Waals surface area contributed by atoms with Crippen LogP contribution in [0.2, 0.25) is 0 Å². The summed E-state index contributed by atoms with van der Waals surface area (Å²) < 4.78 is 1.40. The summed E-state index contributed by atoms with van der Waals surface area (Å²) in [5.74, 6) is -0.814. The van der Waals surface area contributed by atoms with Crippen LogP contribution < -0.4 is 0 Å². The predicted octanol–water partition coefficient (Wildman–Crippen LogP) is 1.25. The monoisotopic (exact) mass is 253 g/mol. The average Bonchev–Trinajstić information content (AvgIpc) is 2.82. The lowest BCUT2D eigenvalue weighted by molar-refractivity contribution is 0.0689. The largest absolute Gasteiger partial charge is 0.476 e. The molecule has 1 N–H and O–H groups in total. The van der Waals surface area contributed by atoms with E-state index in [4.69, 9.17) is 5.11 Å². The molecule has 17 heavy (non-hydrogen) atoms. The molecule has 0 aliphatic rings. The zero-order valence-corrected chi connectivity index (χ0v) is 10.4. The maximum Gasteiger partial charge on any atom is 0.358 e. The van der Waals surface area contributed by atoms with Gasteiger partial charge in [0, 0.05) is 5.92 Å². The van der Waals surface area contributed by atoms with Crippen molar-refractivity contribution in [1.82, 2.24) is 25.2 Å². The number of aromatic carboxylic acids is 1. The normalized spacial score (nSPS) is 11.1. The van der Waals surface area contributed by atoms with Crippen molar-refractivity contribution in [3.63, 3.8) is 0 Å². The summed E-state index contributed by atoms with van der Waals surface area (Å²) in [6, 6.07) is 0. The molecule has 0 bridgehead atoms. The Kier molecular flexibility index (Phi) is 2.88. The Balaban J connectivity index is 2.43. The number of nitrogens with zero attached hydrogens (tertiary/aromatic N) is 5. The van der Waals surface area contributed by atoms with Crippen molar-refractivity contribution in [2.24, 2.45) is 0 Å². The SMILES string of the molecule is Cc1c(C(=O)O)nnn1-c1nnc(C(C)C)s1. The first-order valence-electron chi connectivity index (χ1n) is 5.00. The summed E-state index contributed by atoms with van der Waals surface area (Å²) in [5, 5.41) is 25.7. The smallest absolute Gasteiger partial charge is 0.358 e. The fraction of sp³-hybridized carbons (Fsp3) is 0.444. The van der Waals surface area contributed by atoms with E-state index in [0.29, 0.717) is 10.8 Å². The number of carbonyl (C=O) groups is 1. The molecule has 0 aliphatic heterocycles. The lowest BCUT2D eigenvalue weighted by atomic mass is 10.2. The molecule has 0 spiro atoms. The number of carboxylic acid groups (broad SMARTS) is 1. The summed E-state index contributed by atoms with van der Waals surface area (Å²) in [4.78, 5) is 10.8. The van der Waals surface area contributed by atoms with Gasteiger partial charge in [0.15, 0.2) is 5.69 Å². The van der Waals surface area contributed by atoms with Gasteiger partial charge in [-0.05, 0) is 6.92 Å². The molecule has 2 aromatic rings. The Morgan fingerprint density at radius 3 is 2.53 bits per heavy atom. The van der Waals surface area contributed by atoms with Crippen LogP contribution in [0.4, 0.5) is 0 Å². The van der Waals surface area contributed by atoms with E-state index in [-0.39, 0.29) is 11.6 Å². The summed E-state index contributed by atoms with van der Waals surface area (Å²) in [6.45, 7) is 5.67. The second-order valence-corrected chi connectivity index (χ2v) is 4.81. The number of hydrogen-bond acceptors (Lipinski definition) is 6. The van der Waals surface area contributed by atoms with Crippen molar-refractivity contribution in [3.8, 4) is 5.13 Å². The van der Waals surface area contributed by atoms with E-state index in [9.17, 15) is 4.79 Å². The van der Waals surface area contributed by atoms with Crippen LogP contribution in [0.3, 0.4) is 0 Å². The maximum atomic E-state index is 10.8. The first-order chi connectivity index (χ1) is 8.00. The third-order valence-corrected chi connectivity index (χ3v) is 3.40. The van der Waals surface area contributed by atoms with Crippen molar-refractivity contribution in [2.45, 2.75) is 26.7 Å². The molecule has 0 saturated carbocycles. The molecule has 0 unspecified atom stereocenters. The molecule has 0 fully saturated rings. The van der Waals surface area contributed by atoms with Gasteiger partial charge in [0.2, 0.25) is 5.13 Å². The first-order valence-corrected chi connectivity index (χ1v) is 5.81. The van der Waals surface area contributed by atoms with Gasteiger partial charge in [0.1, 0.15) is 5.01 Å². The Morgan fingerprint density at radius 1 is 1.35 bits per heavy atom. The third kappa shape index (κ3) is 2.03. The van der Waals surface area contributed by atoms with E-state index >= 15 is 0 Å². The lowest BCUT2D eigenvalue weighted by Gasteiger charge is -1.96. The standard InChI is InChI=1S/C9H11N5O2S/c1-4(2)7-11-12-9(17-7)14-5(3)6(8(15)16)10-13-14/h4H,1-3H3,(H,15,16). The Labute approximate surface area is 101 Å². The van der Waals surface area contributed by atoms with Crippen LogP contribution in [0.1, 0.15) is 41.0 Å². The van der Waals surface area contributed by atoms with Crippen molar-refractivity contribution in [3.05, 3.63) is 16.4 Å². The van der Waals surface area contributed by atoms with Gasteiger partial charge in [-0.25, -0.2) is 4.79 Å². The van der Waals surface area contributed by atoms with Gasteiger partial charge in [0.25, 0.3) is 0 Å². The maximum absolute atomic E-state index is 10.8. The Morgan fingerprint density at radius 2 is 2.06 bits per heavy atom. The van der Waals surface area contributed by atoms with Crippen LogP contribution in [-0.4, -0.2) is 36.3 Å². The van der Waals surface area contributed by atoms with E-state index in [2.05, 4.69) is 20.5 Å². The zero-order chi connectivity index (χ0) is 12.6. The molecule has 0 aliphatic carbocycles. The molecule has 2 rings (SSSR count). The van der Waals surface area contributed by atoms with Gasteiger partial charge in [-0.15, -0.1) is 15.3 Å².